The fourth-order valence-electron chi connectivity index (χ4n) is 6.06. The third kappa shape index (κ3) is 11.1. The van der Waals surface area contributed by atoms with Crippen LogP contribution in [0.25, 0.3) is 0 Å². The van der Waals surface area contributed by atoms with Gasteiger partial charge in [-0.3, -0.25) is 14.4 Å². The summed E-state index contributed by atoms with van der Waals surface area (Å²) in [5.41, 5.74) is 2.82. The largest absolute Gasteiger partial charge is 0.480 e. The Kier molecular flexibility index (Phi) is 14.1. The monoisotopic (exact) mass is 748 g/mol. The van der Waals surface area contributed by atoms with E-state index in [2.05, 4.69) is 21.3 Å². The van der Waals surface area contributed by atoms with Crippen LogP contribution in [0.2, 0.25) is 0 Å². The van der Waals surface area contributed by atoms with Crippen molar-refractivity contribution in [3.63, 3.8) is 0 Å². The number of sulfonamides is 1. The quantitative estimate of drug-likeness (QED) is 0.145. The number of carbonyl (C=O) groups excluding carboxylic acids is 4. The highest BCUT2D eigenvalue weighted by atomic mass is 32.2. The number of hydrogen-bond donors (Lipinski definition) is 5. The van der Waals surface area contributed by atoms with Crippen molar-refractivity contribution < 1.29 is 37.5 Å². The lowest BCUT2D eigenvalue weighted by Crippen LogP contribution is -2.52. The molecule has 3 aromatic rings. The van der Waals surface area contributed by atoms with E-state index in [0.29, 0.717) is 29.8 Å². The third-order valence-electron chi connectivity index (χ3n) is 9.02. The highest BCUT2D eigenvalue weighted by Crippen LogP contribution is 2.26. The number of nitrogens with zero attached hydrogens (tertiary/aromatic N) is 2. The standard InChI is InChI=1S/C38H48N6O8S/c1-25(2)23-33(43(4)34(45)24-27-16-18-28(19-17-27)40-38(50)42-30-14-9-8-11-26(30)3)35(46)39-21-20-31(37(48)49)41-36(47)32-15-10-22-44(32)53(51,52)29-12-6-5-7-13-29/h5-9,11-14,16-19,25,31-33H,10,15,20-24H2,1-4H3,(H,39,46)(H,41,47)(H,48,49)(H2,40,42,50). The van der Waals surface area contributed by atoms with Gasteiger partial charge in [0.2, 0.25) is 27.7 Å². The van der Waals surface area contributed by atoms with Crippen LogP contribution in [0, 0.1) is 12.8 Å². The molecule has 0 aromatic heterocycles. The van der Waals surface area contributed by atoms with Gasteiger partial charge in [-0.1, -0.05) is 62.4 Å². The van der Waals surface area contributed by atoms with Crippen molar-refractivity contribution in [2.75, 3.05) is 30.8 Å². The molecular formula is C38H48N6O8S. The van der Waals surface area contributed by atoms with E-state index in [0.717, 1.165) is 9.87 Å². The molecule has 4 rings (SSSR count). The summed E-state index contributed by atoms with van der Waals surface area (Å²) in [5, 5.41) is 20.6. The van der Waals surface area contributed by atoms with E-state index in [1.165, 1.54) is 24.1 Å². The number of benzene rings is 3. The molecule has 0 saturated carbocycles. The molecule has 14 nitrogen and oxygen atoms in total. The second-order valence-corrected chi connectivity index (χ2v) is 15.4. The number of likely N-dealkylation sites (N-methyl/N-ethyl adjacent to an activating group) is 1. The predicted octanol–water partition coefficient (Wildman–Crippen LogP) is 3.98. The number of urea groups is 1. The molecule has 3 aromatic carbocycles. The summed E-state index contributed by atoms with van der Waals surface area (Å²) in [6.07, 6.45) is 0.863. The zero-order valence-corrected chi connectivity index (χ0v) is 31.2. The average Bonchev–Trinajstić information content (AvgIpc) is 3.63. The molecule has 1 saturated heterocycles. The molecule has 3 atom stereocenters. The Morgan fingerprint density at radius 3 is 2.23 bits per heavy atom. The summed E-state index contributed by atoms with van der Waals surface area (Å²) in [5.74, 6) is -2.80. The first kappa shape index (κ1) is 40.5. The van der Waals surface area contributed by atoms with E-state index in [1.807, 2.05) is 39.0 Å². The van der Waals surface area contributed by atoms with Crippen molar-refractivity contribution >= 4 is 51.1 Å². The number of amides is 5. The zero-order chi connectivity index (χ0) is 38.7. The molecule has 1 fully saturated rings. The van der Waals surface area contributed by atoms with Crippen molar-refractivity contribution in [1.82, 2.24) is 19.8 Å². The smallest absolute Gasteiger partial charge is 0.326 e. The number of carboxylic acid groups (broad SMARTS) is 1. The number of hydrogen-bond acceptors (Lipinski definition) is 7. The van der Waals surface area contributed by atoms with Crippen LogP contribution in [0.3, 0.4) is 0 Å². The molecule has 0 radical (unpaired) electrons. The van der Waals surface area contributed by atoms with Crippen LogP contribution in [0.4, 0.5) is 16.2 Å². The van der Waals surface area contributed by atoms with E-state index < -0.39 is 52.0 Å². The molecule has 53 heavy (non-hydrogen) atoms. The minimum absolute atomic E-state index is 0.000637. The lowest BCUT2D eigenvalue weighted by Gasteiger charge is -2.29. The second-order valence-electron chi connectivity index (χ2n) is 13.5. The predicted molar refractivity (Wildman–Crippen MR) is 201 cm³/mol. The lowest BCUT2D eigenvalue weighted by molar-refractivity contribution is -0.142. The topological polar surface area (TPSA) is 194 Å². The fourth-order valence-corrected chi connectivity index (χ4v) is 7.74. The van der Waals surface area contributed by atoms with Crippen LogP contribution in [-0.4, -0.2) is 90.7 Å². The Hall–Kier alpha value is -5.28. The van der Waals surface area contributed by atoms with Gasteiger partial charge in [-0.15, -0.1) is 0 Å². The highest BCUT2D eigenvalue weighted by Gasteiger charge is 2.40. The second kappa shape index (κ2) is 18.5. The van der Waals surface area contributed by atoms with E-state index in [4.69, 9.17) is 0 Å². The maximum atomic E-state index is 13.4. The van der Waals surface area contributed by atoms with Crippen molar-refractivity contribution in [2.45, 2.75) is 75.9 Å². The first-order chi connectivity index (χ1) is 25.2. The van der Waals surface area contributed by atoms with Crippen molar-refractivity contribution in [3.8, 4) is 0 Å². The van der Waals surface area contributed by atoms with Crippen LogP contribution >= 0.6 is 0 Å². The zero-order valence-electron chi connectivity index (χ0n) is 30.4. The molecule has 1 heterocycles. The van der Waals surface area contributed by atoms with Gasteiger partial charge in [-0.2, -0.15) is 4.31 Å². The number of rotatable bonds is 16. The van der Waals surface area contributed by atoms with Gasteiger partial charge in [0.25, 0.3) is 0 Å². The molecule has 1 aliphatic heterocycles. The van der Waals surface area contributed by atoms with Crippen molar-refractivity contribution in [3.05, 3.63) is 90.0 Å². The summed E-state index contributed by atoms with van der Waals surface area (Å²) >= 11 is 0. The van der Waals surface area contributed by atoms with E-state index in [9.17, 15) is 37.5 Å². The molecule has 1 aliphatic rings. The number of aliphatic carboxylic acids is 1. The van der Waals surface area contributed by atoms with Gasteiger partial charge < -0.3 is 31.3 Å². The summed E-state index contributed by atoms with van der Waals surface area (Å²) in [6.45, 7) is 5.74. The number of anilines is 2. The van der Waals surface area contributed by atoms with Gasteiger partial charge in [0.05, 0.1) is 11.3 Å². The molecule has 0 spiro atoms. The molecule has 284 valence electrons. The Labute approximate surface area is 310 Å². The lowest BCUT2D eigenvalue weighted by atomic mass is 10.0. The summed E-state index contributed by atoms with van der Waals surface area (Å²) < 4.78 is 27.5. The van der Waals surface area contributed by atoms with Gasteiger partial charge in [0.1, 0.15) is 18.1 Å². The summed E-state index contributed by atoms with van der Waals surface area (Å²) in [7, 11) is -2.43. The van der Waals surface area contributed by atoms with Crippen LogP contribution < -0.4 is 21.3 Å². The molecule has 0 aliphatic carbocycles. The normalized spacial score (nSPS) is 15.6. The molecule has 5 N–H and O–H groups in total. The first-order valence-corrected chi connectivity index (χ1v) is 19.0. The number of carboxylic acids is 1. The third-order valence-corrected chi connectivity index (χ3v) is 10.9. The van der Waals surface area contributed by atoms with Gasteiger partial charge in [-0.25, -0.2) is 18.0 Å². The molecule has 15 heteroatoms. The maximum Gasteiger partial charge on any atom is 0.326 e. The SMILES string of the molecule is Cc1ccccc1NC(=O)Nc1ccc(CC(=O)N(C)C(CC(C)C)C(=O)NCCC(NC(=O)C2CCCN2S(=O)(=O)c2ccccc2)C(=O)O)cc1. The number of para-hydroxylation sites is 1. The molecule has 5 amide bonds. The maximum absolute atomic E-state index is 13.4. The first-order valence-electron chi connectivity index (χ1n) is 17.5. The van der Waals surface area contributed by atoms with Gasteiger partial charge >= 0.3 is 12.0 Å². The van der Waals surface area contributed by atoms with Gasteiger partial charge in [-0.05, 0) is 80.0 Å². The van der Waals surface area contributed by atoms with Crippen molar-refractivity contribution in [2.24, 2.45) is 5.92 Å². The number of aryl methyl sites for hydroxylation is 1. The molecule has 0 bridgehead atoms. The van der Waals surface area contributed by atoms with Crippen molar-refractivity contribution in [1.29, 1.82) is 0 Å². The van der Waals surface area contributed by atoms with Gasteiger partial charge in [0, 0.05) is 31.5 Å². The molecular weight excluding hydrogens is 701 g/mol. The molecule has 3 unspecified atom stereocenters. The Morgan fingerprint density at radius 2 is 1.58 bits per heavy atom. The Balaban J connectivity index is 1.30. The van der Waals surface area contributed by atoms with E-state index in [-0.39, 0.29) is 49.1 Å². The average molecular weight is 749 g/mol. The minimum atomic E-state index is -3.97. The highest BCUT2D eigenvalue weighted by molar-refractivity contribution is 7.89. The summed E-state index contributed by atoms with van der Waals surface area (Å²) in [4.78, 5) is 65.9. The summed E-state index contributed by atoms with van der Waals surface area (Å²) in [6, 6.07) is 18.2. The minimum Gasteiger partial charge on any atom is -0.480 e. The van der Waals surface area contributed by atoms with Gasteiger partial charge in [0.15, 0.2) is 0 Å². The Morgan fingerprint density at radius 1 is 0.925 bits per heavy atom. The van der Waals surface area contributed by atoms with E-state index >= 15 is 0 Å². The number of nitrogens with one attached hydrogen (secondary N) is 4. The van der Waals surface area contributed by atoms with Crippen LogP contribution in [0.1, 0.15) is 50.7 Å². The Bertz CT molecular complexity index is 1870. The van der Waals surface area contributed by atoms with E-state index in [1.54, 1.807) is 48.5 Å². The van der Waals surface area contributed by atoms with Crippen LogP contribution in [-0.2, 0) is 35.6 Å². The van der Waals surface area contributed by atoms with Crippen LogP contribution in [0.5, 0.6) is 0 Å². The fraction of sp³-hybridized carbons (Fsp3) is 0.395. The number of carbonyl (C=O) groups is 5. The van der Waals surface area contributed by atoms with Crippen LogP contribution in [0.15, 0.2) is 83.8 Å².